The largest absolute Gasteiger partial charge is 0.467 e. The van der Waals surface area contributed by atoms with Gasteiger partial charge in [0.05, 0.1) is 30.8 Å². The molecule has 48 heavy (non-hydrogen) atoms. The third-order valence-corrected chi connectivity index (χ3v) is 8.43. The topological polar surface area (TPSA) is 159 Å². The minimum atomic E-state index is -4.93. The number of fused-ring (bicyclic) bond motifs is 4. The van der Waals surface area contributed by atoms with Crippen molar-refractivity contribution in [3.05, 3.63) is 63.8 Å². The minimum Gasteiger partial charge on any atom is -0.467 e. The fourth-order valence-corrected chi connectivity index (χ4v) is 6.02. The molecular formula is C31H29ClF4N6O6. The summed E-state index contributed by atoms with van der Waals surface area (Å²) in [5.74, 6) is -1.69. The van der Waals surface area contributed by atoms with Gasteiger partial charge in [0.15, 0.2) is 0 Å². The number of carbonyl (C=O) groups excluding carboxylic acids is 3. The van der Waals surface area contributed by atoms with Crippen molar-refractivity contribution in [2.45, 2.75) is 56.5 Å². The van der Waals surface area contributed by atoms with Crippen LogP contribution in [0.4, 0.5) is 38.5 Å². The SMILES string of the molecule is COC(=O)Nc1ccc2c(c1)N[C@@H](C(=O)OC)CCCC[C@H](N1CCC(c3c(C(F)(F)F)ccc(Cl)c3F)OC1=O)c1nc-2c(C#N)[nH]1. The van der Waals surface area contributed by atoms with Crippen LogP contribution >= 0.6 is 11.6 Å². The normalized spacial score (nSPS) is 19.8. The molecule has 0 aliphatic carbocycles. The van der Waals surface area contributed by atoms with Crippen molar-refractivity contribution < 1.29 is 46.2 Å². The molecule has 3 atom stereocenters. The molecule has 2 aromatic carbocycles. The van der Waals surface area contributed by atoms with Gasteiger partial charge in [-0.3, -0.25) is 10.2 Å². The van der Waals surface area contributed by atoms with Crippen LogP contribution in [0.15, 0.2) is 30.3 Å². The molecule has 0 spiro atoms. The van der Waals surface area contributed by atoms with Gasteiger partial charge < -0.3 is 24.5 Å². The highest BCUT2D eigenvalue weighted by atomic mass is 35.5. The van der Waals surface area contributed by atoms with Crippen molar-refractivity contribution in [1.82, 2.24) is 14.9 Å². The van der Waals surface area contributed by atoms with Gasteiger partial charge in [-0.15, -0.1) is 0 Å². The maximum Gasteiger partial charge on any atom is 0.416 e. The standard InChI is InChI=1S/C31H29ClF4N6O6/c1-46-28(43)19-5-3-4-6-22(42-12-11-23(48-30(42)45)24-17(31(34,35)36)9-10-18(32)25(24)33)27-40-21(14-37)26(41-27)16-8-7-15(13-20(16)39-19)38-29(44)47-2/h7-10,13,19,22-23,39H,3-6,11-12H2,1-2H3,(H,38,44)(H,40,41)/t19-,22+,23?/m1/s1. The van der Waals surface area contributed by atoms with Gasteiger partial charge in [-0.1, -0.05) is 24.4 Å². The zero-order valence-corrected chi connectivity index (χ0v) is 26.3. The fourth-order valence-electron chi connectivity index (χ4n) is 5.86. The Morgan fingerprint density at radius 2 is 1.90 bits per heavy atom. The van der Waals surface area contributed by atoms with E-state index in [0.29, 0.717) is 42.3 Å². The minimum absolute atomic E-state index is 0.0136. The number of rotatable bonds is 4. The molecule has 2 amide bonds. The number of anilines is 2. The molecular weight excluding hydrogens is 664 g/mol. The highest BCUT2D eigenvalue weighted by Gasteiger charge is 2.42. The maximum atomic E-state index is 15.0. The van der Waals surface area contributed by atoms with Crippen LogP contribution in [-0.4, -0.2) is 59.8 Å². The number of hydrogen-bond acceptors (Lipinski definition) is 9. The average Bonchev–Trinajstić information content (AvgIpc) is 3.48. The van der Waals surface area contributed by atoms with Crippen LogP contribution in [0.2, 0.25) is 5.02 Å². The molecule has 3 N–H and O–H groups in total. The van der Waals surface area contributed by atoms with Crippen LogP contribution in [0, 0.1) is 17.1 Å². The number of aromatic amines is 1. The smallest absolute Gasteiger partial charge is 0.416 e. The number of nitriles is 1. The number of ether oxygens (including phenoxy) is 3. The molecule has 1 aromatic heterocycles. The van der Waals surface area contributed by atoms with E-state index in [1.165, 1.54) is 31.3 Å². The molecule has 1 unspecified atom stereocenters. The highest BCUT2D eigenvalue weighted by molar-refractivity contribution is 6.30. The van der Waals surface area contributed by atoms with Crippen LogP contribution in [-0.2, 0) is 25.2 Å². The Labute approximate surface area is 276 Å². The lowest BCUT2D eigenvalue weighted by molar-refractivity contribution is -0.142. The second kappa shape index (κ2) is 14.0. The van der Waals surface area contributed by atoms with Crippen molar-refractivity contribution >= 4 is 41.1 Å². The second-order valence-electron chi connectivity index (χ2n) is 11.0. The third-order valence-electron chi connectivity index (χ3n) is 8.14. The third kappa shape index (κ3) is 6.96. The molecule has 17 heteroatoms. The summed E-state index contributed by atoms with van der Waals surface area (Å²) in [5, 5.41) is 15.2. The van der Waals surface area contributed by atoms with Crippen molar-refractivity contribution in [3.8, 4) is 17.3 Å². The number of cyclic esters (lactones) is 1. The molecule has 1 saturated heterocycles. The van der Waals surface area contributed by atoms with Gasteiger partial charge >= 0.3 is 24.3 Å². The molecule has 3 heterocycles. The molecule has 12 nitrogen and oxygen atoms in total. The van der Waals surface area contributed by atoms with E-state index in [2.05, 4.69) is 25.3 Å². The van der Waals surface area contributed by atoms with Crippen molar-refractivity contribution in [3.63, 3.8) is 0 Å². The Bertz CT molecular complexity index is 1780. The number of methoxy groups -OCH3 is 2. The molecule has 3 aromatic rings. The molecule has 254 valence electrons. The van der Waals surface area contributed by atoms with E-state index in [1.807, 2.05) is 6.07 Å². The monoisotopic (exact) mass is 692 g/mol. The number of nitrogens with zero attached hydrogens (tertiary/aromatic N) is 3. The first kappa shape index (κ1) is 34.3. The summed E-state index contributed by atoms with van der Waals surface area (Å²) < 4.78 is 71.5. The van der Waals surface area contributed by atoms with Gasteiger partial charge in [0.25, 0.3) is 0 Å². The van der Waals surface area contributed by atoms with Crippen LogP contribution in [0.5, 0.6) is 0 Å². The molecule has 2 aliphatic heterocycles. The van der Waals surface area contributed by atoms with Gasteiger partial charge in [-0.2, -0.15) is 18.4 Å². The number of esters is 1. The summed E-state index contributed by atoms with van der Waals surface area (Å²) in [6.45, 7) is -0.138. The predicted octanol–water partition coefficient (Wildman–Crippen LogP) is 7.09. The Hall–Kier alpha value is -5.04. The number of carbonyl (C=O) groups is 3. The number of imidazole rings is 1. The lowest BCUT2D eigenvalue weighted by Crippen LogP contribution is -2.42. The Balaban J connectivity index is 1.53. The molecule has 2 aliphatic rings. The molecule has 2 bridgehead atoms. The zero-order chi connectivity index (χ0) is 34.7. The second-order valence-corrected chi connectivity index (χ2v) is 11.4. The van der Waals surface area contributed by atoms with E-state index in [9.17, 15) is 37.2 Å². The summed E-state index contributed by atoms with van der Waals surface area (Å²) in [6.07, 6.45) is -7.01. The Morgan fingerprint density at radius 1 is 1.15 bits per heavy atom. The number of benzene rings is 2. The molecule has 0 radical (unpaired) electrons. The summed E-state index contributed by atoms with van der Waals surface area (Å²) in [6, 6.07) is 6.45. The first-order valence-corrected chi connectivity index (χ1v) is 15.1. The van der Waals surface area contributed by atoms with Crippen LogP contribution in [0.25, 0.3) is 11.3 Å². The molecule has 0 saturated carbocycles. The molecule has 1 fully saturated rings. The quantitative estimate of drug-likeness (QED) is 0.147. The Kier molecular flexibility index (Phi) is 9.99. The van der Waals surface area contributed by atoms with Crippen LogP contribution in [0.1, 0.15) is 66.9 Å². The van der Waals surface area contributed by atoms with Gasteiger partial charge in [0.1, 0.15) is 41.2 Å². The van der Waals surface area contributed by atoms with Crippen molar-refractivity contribution in [2.24, 2.45) is 0 Å². The van der Waals surface area contributed by atoms with E-state index in [4.69, 9.17) is 21.1 Å². The highest BCUT2D eigenvalue weighted by Crippen LogP contribution is 2.43. The number of hydrogen-bond donors (Lipinski definition) is 3. The van der Waals surface area contributed by atoms with Crippen molar-refractivity contribution in [1.29, 1.82) is 5.26 Å². The predicted molar refractivity (Wildman–Crippen MR) is 162 cm³/mol. The Morgan fingerprint density at radius 3 is 2.56 bits per heavy atom. The van der Waals surface area contributed by atoms with E-state index < -0.39 is 64.5 Å². The number of H-pyrrole nitrogens is 1. The van der Waals surface area contributed by atoms with Crippen LogP contribution < -0.4 is 10.6 Å². The number of amides is 2. The zero-order valence-electron chi connectivity index (χ0n) is 25.5. The number of nitrogens with one attached hydrogen (secondary N) is 3. The van der Waals surface area contributed by atoms with Crippen LogP contribution in [0.3, 0.4) is 0 Å². The number of halogens is 5. The fraction of sp³-hybridized carbons (Fsp3) is 0.387. The average molecular weight is 693 g/mol. The lowest BCUT2D eigenvalue weighted by Gasteiger charge is -2.37. The number of aromatic nitrogens is 2. The summed E-state index contributed by atoms with van der Waals surface area (Å²) in [4.78, 5) is 47.0. The first-order valence-electron chi connectivity index (χ1n) is 14.7. The van der Waals surface area contributed by atoms with Gasteiger partial charge in [0, 0.05) is 35.5 Å². The summed E-state index contributed by atoms with van der Waals surface area (Å²) in [5.41, 5.74) is -0.967. The number of alkyl halides is 3. The van der Waals surface area contributed by atoms with E-state index in [-0.39, 0.29) is 36.6 Å². The van der Waals surface area contributed by atoms with E-state index in [0.717, 1.165) is 6.07 Å². The van der Waals surface area contributed by atoms with E-state index in [1.54, 1.807) is 6.07 Å². The summed E-state index contributed by atoms with van der Waals surface area (Å²) >= 11 is 5.81. The van der Waals surface area contributed by atoms with Gasteiger partial charge in [-0.25, -0.2) is 23.8 Å². The lowest BCUT2D eigenvalue weighted by atomic mass is 9.96. The van der Waals surface area contributed by atoms with E-state index >= 15 is 0 Å². The van der Waals surface area contributed by atoms with Gasteiger partial charge in [-0.05, 0) is 43.2 Å². The molecule has 5 rings (SSSR count). The summed E-state index contributed by atoms with van der Waals surface area (Å²) in [7, 11) is 2.44. The van der Waals surface area contributed by atoms with Gasteiger partial charge in [0.2, 0.25) is 0 Å². The maximum absolute atomic E-state index is 15.0. The van der Waals surface area contributed by atoms with Crippen molar-refractivity contribution in [2.75, 3.05) is 31.4 Å². The first-order chi connectivity index (χ1) is 22.9.